The van der Waals surface area contributed by atoms with Crippen molar-refractivity contribution in [3.8, 4) is 0 Å². The van der Waals surface area contributed by atoms with Crippen LogP contribution in [0.2, 0.25) is 0 Å². The molecular weight excluding hydrogens is 134 g/mol. The average Bonchev–Trinajstić information content (AvgIpc) is 0. The van der Waals surface area contributed by atoms with Gasteiger partial charge in [0, 0.05) is 0 Å². The summed E-state index contributed by atoms with van der Waals surface area (Å²) < 4.78 is 0. The molecule has 0 N–H and O–H groups in total. The molecule has 0 aliphatic carbocycles. The van der Waals surface area contributed by atoms with Gasteiger partial charge in [-0.3, -0.25) is 0 Å². The molecule has 0 bridgehead atoms. The molecular formula is H5CaCl2Na. The third kappa shape index (κ3) is 8.85. The molecule has 0 rings (SSSR count). The van der Waals surface area contributed by atoms with Crippen molar-refractivity contribution in [1.29, 1.82) is 0 Å². The summed E-state index contributed by atoms with van der Waals surface area (Å²) in [5.74, 6) is 0. The molecule has 4 heavy (non-hydrogen) atoms. The van der Waals surface area contributed by atoms with Gasteiger partial charge in [0.1, 0.15) is 0 Å². The first-order valence-electron chi connectivity index (χ1n) is 0. The first-order chi connectivity index (χ1) is 0. The van der Waals surface area contributed by atoms with E-state index in [0.29, 0.717) is 0 Å². The van der Waals surface area contributed by atoms with Crippen LogP contribution in [0.5, 0.6) is 0 Å². The molecule has 0 fully saturated rings. The van der Waals surface area contributed by atoms with Gasteiger partial charge in [-0.25, -0.2) is 0 Å². The van der Waals surface area contributed by atoms with Gasteiger partial charge in [0.2, 0.25) is 0 Å². The molecule has 0 aromatic heterocycles. The molecule has 22 valence electrons. The Morgan fingerprint density at radius 1 is 0.750 bits per heavy atom. The van der Waals surface area contributed by atoms with E-state index in [9.17, 15) is 0 Å². The molecule has 0 atom stereocenters. The molecule has 0 saturated carbocycles. The second kappa shape index (κ2) is 17.0. The van der Waals surface area contributed by atoms with Crippen LogP contribution in [0.25, 0.3) is 0 Å². The zero-order valence-electron chi connectivity index (χ0n) is 0.816. The van der Waals surface area contributed by atoms with Crippen LogP contribution in [0.3, 0.4) is 0 Å². The summed E-state index contributed by atoms with van der Waals surface area (Å²) in [6, 6.07) is 0. The number of rotatable bonds is 0. The van der Waals surface area contributed by atoms with Crippen molar-refractivity contribution in [3.63, 3.8) is 0 Å². The van der Waals surface area contributed by atoms with Gasteiger partial charge in [-0.1, -0.05) is 0 Å². The van der Waals surface area contributed by atoms with Gasteiger partial charge in [-0.2, -0.15) is 0 Å². The monoisotopic (exact) mass is 138 g/mol. The number of halogens is 2. The van der Waals surface area contributed by atoms with Gasteiger partial charge in [0.25, 0.3) is 0 Å². The minimum absolute atomic E-state index is 0. The molecule has 0 radical (unpaired) electrons. The van der Waals surface area contributed by atoms with Crippen molar-refractivity contribution in [2.24, 2.45) is 0 Å². The molecule has 0 saturated heterocycles. The van der Waals surface area contributed by atoms with E-state index in [1.807, 2.05) is 0 Å². The maximum atomic E-state index is 0. The zero-order chi connectivity index (χ0) is 0. The topological polar surface area (TPSA) is 0 Å². The predicted octanol–water partition coefficient (Wildman–Crippen LogP) is -0.721. The molecule has 0 aliphatic rings. The number of hydrogen-bond donors (Lipinski definition) is 0. The Labute approximate surface area is 90.2 Å². The van der Waals surface area contributed by atoms with Gasteiger partial charge in [-0.05, 0) is 0 Å². The molecule has 0 nitrogen and oxygen atoms in total. The van der Waals surface area contributed by atoms with E-state index in [0.717, 1.165) is 0 Å². The Kier molecular flexibility index (Phi) is 123. The Morgan fingerprint density at radius 2 is 0.750 bits per heavy atom. The van der Waals surface area contributed by atoms with Gasteiger partial charge < -0.3 is 0 Å². The molecule has 4 heteroatoms. The average molecular weight is 139 g/mol. The summed E-state index contributed by atoms with van der Waals surface area (Å²) in [5, 5.41) is 0. The Balaban J connectivity index is 0. The summed E-state index contributed by atoms with van der Waals surface area (Å²) >= 11 is 0. The van der Waals surface area contributed by atoms with Gasteiger partial charge in [0.05, 0.1) is 0 Å². The van der Waals surface area contributed by atoms with E-state index in [2.05, 4.69) is 0 Å². The third-order valence-electron chi connectivity index (χ3n) is 0. The van der Waals surface area contributed by atoms with Crippen molar-refractivity contribution >= 4 is 92.1 Å². The van der Waals surface area contributed by atoms with Crippen molar-refractivity contribution in [2.45, 2.75) is 0 Å². The van der Waals surface area contributed by atoms with E-state index in [1.165, 1.54) is 0 Å². The molecule has 0 heterocycles. The Hall–Kier alpha value is 2.84. The maximum absolute atomic E-state index is 0. The zero-order valence-corrected chi connectivity index (χ0v) is 2.45. The van der Waals surface area contributed by atoms with Crippen LogP contribution in [0.15, 0.2) is 0 Å². The minimum atomic E-state index is 0. The van der Waals surface area contributed by atoms with Crippen molar-refractivity contribution in [2.75, 3.05) is 0 Å². The second-order valence-electron chi connectivity index (χ2n) is 0. The first kappa shape index (κ1) is 28.9. The van der Waals surface area contributed by atoms with E-state index in [-0.39, 0.29) is 92.1 Å². The molecule has 0 aliphatic heterocycles. The van der Waals surface area contributed by atoms with Gasteiger partial charge in [-0.15, -0.1) is 24.8 Å². The molecule has 0 amide bonds. The van der Waals surface area contributed by atoms with Crippen molar-refractivity contribution in [1.82, 2.24) is 0 Å². The third-order valence-corrected chi connectivity index (χ3v) is 0. The van der Waals surface area contributed by atoms with Crippen LogP contribution in [-0.2, 0) is 0 Å². The van der Waals surface area contributed by atoms with Crippen molar-refractivity contribution in [3.05, 3.63) is 0 Å². The van der Waals surface area contributed by atoms with Crippen LogP contribution in [0.1, 0.15) is 0 Å². The van der Waals surface area contributed by atoms with Crippen LogP contribution in [0.4, 0.5) is 0 Å². The summed E-state index contributed by atoms with van der Waals surface area (Å²) in [4.78, 5) is 0. The van der Waals surface area contributed by atoms with E-state index in [1.54, 1.807) is 0 Å². The second-order valence-corrected chi connectivity index (χ2v) is 0. The summed E-state index contributed by atoms with van der Waals surface area (Å²) in [6.07, 6.45) is 0. The summed E-state index contributed by atoms with van der Waals surface area (Å²) in [6.45, 7) is 0. The fourth-order valence-electron chi connectivity index (χ4n) is 0. The Morgan fingerprint density at radius 3 is 0.750 bits per heavy atom. The SMILES string of the molecule is Cl.Cl.[CaH2].[NaH]. The van der Waals surface area contributed by atoms with Gasteiger partial charge in [0.15, 0.2) is 0 Å². The summed E-state index contributed by atoms with van der Waals surface area (Å²) in [5.41, 5.74) is 0. The Bertz CT molecular complexity index is 6.00. The summed E-state index contributed by atoms with van der Waals surface area (Å²) in [7, 11) is 0. The molecule has 0 aromatic carbocycles. The van der Waals surface area contributed by atoms with E-state index in [4.69, 9.17) is 0 Å². The van der Waals surface area contributed by atoms with Crippen molar-refractivity contribution < 1.29 is 0 Å². The molecule has 0 unspecified atom stereocenters. The van der Waals surface area contributed by atoms with Crippen LogP contribution in [-0.4, -0.2) is 67.3 Å². The van der Waals surface area contributed by atoms with Crippen LogP contribution in [0, 0.1) is 0 Å². The van der Waals surface area contributed by atoms with E-state index < -0.39 is 0 Å². The molecule has 0 spiro atoms. The fraction of sp³-hybridized carbons (Fsp3) is 0. The van der Waals surface area contributed by atoms with E-state index >= 15 is 0 Å². The fourth-order valence-corrected chi connectivity index (χ4v) is 0. The standard InChI is InChI=1S/Ca.2ClH.Na.3H/h;2*1H;;;;. The first-order valence-corrected chi connectivity index (χ1v) is 0. The van der Waals surface area contributed by atoms with Gasteiger partial charge >= 0.3 is 67.3 Å². The quantitative estimate of drug-likeness (QED) is 0.388. The predicted molar refractivity (Wildman–Crippen MR) is 30.2 cm³/mol. The number of hydrogen-bond acceptors (Lipinski definition) is 0. The molecule has 0 aromatic rings. The van der Waals surface area contributed by atoms with Crippen LogP contribution >= 0.6 is 24.8 Å². The normalized spacial score (nSPS) is 0. The van der Waals surface area contributed by atoms with Crippen LogP contribution < -0.4 is 0 Å².